The summed E-state index contributed by atoms with van der Waals surface area (Å²) in [6.07, 6.45) is 7.02. The average Bonchev–Trinajstić information content (AvgIpc) is 2.92. The van der Waals surface area contributed by atoms with Crippen molar-refractivity contribution in [3.05, 3.63) is 11.9 Å². The molecular formula is C14H21N3O2. The van der Waals surface area contributed by atoms with E-state index in [9.17, 15) is 4.79 Å². The van der Waals surface area contributed by atoms with Gasteiger partial charge in [0.25, 0.3) is 0 Å². The quantitative estimate of drug-likeness (QED) is 0.837. The summed E-state index contributed by atoms with van der Waals surface area (Å²) >= 11 is 0. The first-order valence-corrected chi connectivity index (χ1v) is 7.02. The third kappa shape index (κ3) is 2.39. The van der Waals surface area contributed by atoms with Crippen molar-refractivity contribution in [1.29, 1.82) is 0 Å². The van der Waals surface area contributed by atoms with Gasteiger partial charge in [-0.3, -0.25) is 9.48 Å². The summed E-state index contributed by atoms with van der Waals surface area (Å²) in [5.74, 6) is 1.25. The van der Waals surface area contributed by atoms with Crippen molar-refractivity contribution in [3.63, 3.8) is 0 Å². The molecule has 104 valence electrons. The number of rotatable bonds is 4. The molecule has 19 heavy (non-hydrogen) atoms. The number of carbonyl (C=O) groups excluding carboxylic acids is 1. The second kappa shape index (κ2) is 4.96. The minimum Gasteiger partial charge on any atom is -0.493 e. The number of Topliss-reactive ketones (excluding diaryl/α,β-unsaturated/α-hetero) is 1. The smallest absolute Gasteiger partial charge is 0.184 e. The largest absolute Gasteiger partial charge is 0.493 e. The maximum Gasteiger partial charge on any atom is 0.184 e. The average molecular weight is 263 g/mol. The lowest BCUT2D eigenvalue weighted by molar-refractivity contribution is 0.0933. The van der Waals surface area contributed by atoms with E-state index in [1.807, 2.05) is 0 Å². The Balaban J connectivity index is 1.69. The van der Waals surface area contributed by atoms with E-state index >= 15 is 0 Å². The Morgan fingerprint density at radius 1 is 1.47 bits per heavy atom. The molecule has 1 aromatic rings. The molecule has 3 rings (SSSR count). The summed E-state index contributed by atoms with van der Waals surface area (Å²) in [4.78, 5) is 12.4. The van der Waals surface area contributed by atoms with Crippen molar-refractivity contribution < 1.29 is 9.53 Å². The molecule has 5 nitrogen and oxygen atoms in total. The first kappa shape index (κ1) is 12.7. The SMILES string of the molecule is COc1cnn(C)c1C(=O)CC1CC2CCC(C1)N2. The molecule has 1 N–H and O–H groups in total. The van der Waals surface area contributed by atoms with Crippen LogP contribution in [0.5, 0.6) is 5.75 Å². The summed E-state index contributed by atoms with van der Waals surface area (Å²) in [5, 5.41) is 7.71. The van der Waals surface area contributed by atoms with Gasteiger partial charge in [0.2, 0.25) is 0 Å². The van der Waals surface area contributed by atoms with Gasteiger partial charge < -0.3 is 10.1 Å². The van der Waals surface area contributed by atoms with Crippen LogP contribution in [-0.2, 0) is 7.05 Å². The highest BCUT2D eigenvalue weighted by Crippen LogP contribution is 2.34. The monoisotopic (exact) mass is 263 g/mol. The molecule has 0 saturated carbocycles. The van der Waals surface area contributed by atoms with Crippen LogP contribution in [0.2, 0.25) is 0 Å². The predicted octanol–water partition coefficient (Wildman–Crippen LogP) is 1.53. The standard InChI is InChI=1S/C14H21N3O2/c1-17-14(13(19-2)8-15-17)12(18)7-9-5-10-3-4-11(6-9)16-10/h8-11,16H,3-7H2,1-2H3. The van der Waals surface area contributed by atoms with E-state index < -0.39 is 0 Å². The van der Waals surface area contributed by atoms with Crippen molar-refractivity contribution in [2.75, 3.05) is 7.11 Å². The molecule has 2 bridgehead atoms. The van der Waals surface area contributed by atoms with Crippen LogP contribution in [0.4, 0.5) is 0 Å². The predicted molar refractivity (Wildman–Crippen MR) is 71.4 cm³/mol. The summed E-state index contributed by atoms with van der Waals surface area (Å²) in [7, 11) is 3.38. The van der Waals surface area contributed by atoms with Crippen LogP contribution in [0.1, 0.15) is 42.6 Å². The number of fused-ring (bicyclic) bond motifs is 2. The Hall–Kier alpha value is -1.36. The van der Waals surface area contributed by atoms with Crippen LogP contribution in [0.3, 0.4) is 0 Å². The molecule has 0 amide bonds. The molecule has 3 heterocycles. The van der Waals surface area contributed by atoms with Crippen molar-refractivity contribution in [2.45, 2.75) is 44.2 Å². The maximum atomic E-state index is 12.4. The van der Waals surface area contributed by atoms with Gasteiger partial charge in [-0.05, 0) is 31.6 Å². The first-order valence-electron chi connectivity index (χ1n) is 7.02. The van der Waals surface area contributed by atoms with Crippen molar-refractivity contribution in [3.8, 4) is 5.75 Å². The van der Waals surface area contributed by atoms with Crippen LogP contribution in [-0.4, -0.2) is 34.8 Å². The molecule has 2 atom stereocenters. The van der Waals surface area contributed by atoms with E-state index in [1.54, 1.807) is 25.0 Å². The van der Waals surface area contributed by atoms with Gasteiger partial charge in [-0.15, -0.1) is 0 Å². The Bertz CT molecular complexity index is 471. The highest BCUT2D eigenvalue weighted by Gasteiger charge is 2.34. The van der Waals surface area contributed by atoms with Gasteiger partial charge in [-0.2, -0.15) is 5.10 Å². The molecule has 1 aromatic heterocycles. The molecule has 5 heteroatoms. The number of piperidine rings is 1. The molecule has 2 saturated heterocycles. The Morgan fingerprint density at radius 3 is 2.79 bits per heavy atom. The first-order chi connectivity index (χ1) is 9.17. The van der Waals surface area contributed by atoms with E-state index in [0.717, 1.165) is 12.8 Å². The highest BCUT2D eigenvalue weighted by molar-refractivity contribution is 5.97. The van der Waals surface area contributed by atoms with Crippen LogP contribution in [0.25, 0.3) is 0 Å². The van der Waals surface area contributed by atoms with Crippen molar-refractivity contribution in [2.24, 2.45) is 13.0 Å². The van der Waals surface area contributed by atoms with Gasteiger partial charge >= 0.3 is 0 Å². The normalized spacial score (nSPS) is 29.5. The van der Waals surface area contributed by atoms with Crippen LogP contribution in [0, 0.1) is 5.92 Å². The number of ketones is 1. The second-order valence-corrected chi connectivity index (χ2v) is 5.79. The third-order valence-corrected chi connectivity index (χ3v) is 4.43. The zero-order valence-electron chi connectivity index (χ0n) is 11.6. The maximum absolute atomic E-state index is 12.4. The van der Waals surface area contributed by atoms with E-state index in [4.69, 9.17) is 4.74 Å². The number of methoxy groups -OCH3 is 1. The Labute approximate surface area is 113 Å². The molecule has 0 spiro atoms. The van der Waals surface area contributed by atoms with E-state index in [-0.39, 0.29) is 5.78 Å². The number of carbonyl (C=O) groups is 1. The highest BCUT2D eigenvalue weighted by atomic mass is 16.5. The van der Waals surface area contributed by atoms with Gasteiger partial charge in [0.15, 0.2) is 11.5 Å². The lowest BCUT2D eigenvalue weighted by atomic mass is 9.87. The fourth-order valence-corrected chi connectivity index (χ4v) is 3.59. The van der Waals surface area contributed by atoms with Crippen molar-refractivity contribution in [1.82, 2.24) is 15.1 Å². The Morgan fingerprint density at radius 2 is 2.16 bits per heavy atom. The lowest BCUT2D eigenvalue weighted by Crippen LogP contribution is -2.38. The summed E-state index contributed by atoms with van der Waals surface area (Å²) < 4.78 is 6.84. The van der Waals surface area contributed by atoms with Gasteiger partial charge in [0, 0.05) is 25.6 Å². The van der Waals surface area contributed by atoms with Gasteiger partial charge in [0.1, 0.15) is 5.69 Å². The minimum absolute atomic E-state index is 0.156. The van der Waals surface area contributed by atoms with Crippen molar-refractivity contribution >= 4 is 5.78 Å². The van der Waals surface area contributed by atoms with Crippen LogP contribution >= 0.6 is 0 Å². The summed E-state index contributed by atoms with van der Waals surface area (Å²) in [6, 6.07) is 1.26. The minimum atomic E-state index is 0.156. The van der Waals surface area contributed by atoms with E-state index in [2.05, 4.69) is 10.4 Å². The number of nitrogens with zero attached hydrogens (tertiary/aromatic N) is 2. The molecule has 2 aliphatic rings. The third-order valence-electron chi connectivity index (χ3n) is 4.43. The topological polar surface area (TPSA) is 56.2 Å². The van der Waals surface area contributed by atoms with Crippen LogP contribution in [0.15, 0.2) is 6.20 Å². The number of hydrogen-bond acceptors (Lipinski definition) is 4. The molecule has 0 aromatic carbocycles. The summed E-state index contributed by atoms with van der Waals surface area (Å²) in [6.45, 7) is 0. The number of aromatic nitrogens is 2. The molecule has 2 fully saturated rings. The van der Waals surface area contributed by atoms with E-state index in [0.29, 0.717) is 35.9 Å². The molecule has 0 radical (unpaired) electrons. The fourth-order valence-electron chi connectivity index (χ4n) is 3.59. The molecular weight excluding hydrogens is 242 g/mol. The van der Waals surface area contributed by atoms with Gasteiger partial charge in [0.05, 0.1) is 13.3 Å². The fraction of sp³-hybridized carbons (Fsp3) is 0.714. The second-order valence-electron chi connectivity index (χ2n) is 5.79. The number of ether oxygens (including phenoxy) is 1. The van der Waals surface area contributed by atoms with Gasteiger partial charge in [-0.25, -0.2) is 0 Å². The number of hydrogen-bond donors (Lipinski definition) is 1. The summed E-state index contributed by atoms with van der Waals surface area (Å²) in [5.41, 5.74) is 0.605. The van der Waals surface area contributed by atoms with Gasteiger partial charge in [-0.1, -0.05) is 0 Å². The molecule has 0 aliphatic carbocycles. The van der Waals surface area contributed by atoms with E-state index in [1.165, 1.54) is 12.8 Å². The number of aryl methyl sites for hydroxylation is 1. The number of nitrogens with one attached hydrogen (secondary N) is 1. The van der Waals surface area contributed by atoms with Crippen LogP contribution < -0.4 is 10.1 Å². The zero-order valence-corrected chi connectivity index (χ0v) is 11.6. The molecule has 2 aliphatic heterocycles. The lowest BCUT2D eigenvalue weighted by Gasteiger charge is -2.28. The Kier molecular flexibility index (Phi) is 3.31. The zero-order chi connectivity index (χ0) is 13.4. The molecule has 2 unspecified atom stereocenters.